The number of hydrogen-bond acceptors (Lipinski definition) is 3. The molecule has 0 spiro atoms. The summed E-state index contributed by atoms with van der Waals surface area (Å²) in [6.45, 7) is -0.364. The zero-order valence-electron chi connectivity index (χ0n) is 21.3. The Bertz CT molecular complexity index is 2250. The highest BCUT2D eigenvalue weighted by Crippen LogP contribution is 2.65. The summed E-state index contributed by atoms with van der Waals surface area (Å²) < 4.78 is 19.8. The number of hydrogen-bond donors (Lipinski definition) is 0. The predicted molar refractivity (Wildman–Crippen MR) is 164 cm³/mol. The van der Waals surface area contributed by atoms with Gasteiger partial charge in [-0.1, -0.05) is 72.8 Å². The first-order chi connectivity index (χ1) is 19.7. The number of rotatable bonds is 1. The minimum absolute atomic E-state index is 0.364. The topological polar surface area (TPSA) is 43.1 Å². The molecule has 0 amide bonds. The van der Waals surface area contributed by atoms with Gasteiger partial charge in [0, 0.05) is 56.4 Å². The molecule has 0 N–H and O–H groups in total. The van der Waals surface area contributed by atoms with Crippen LogP contribution in [0.25, 0.3) is 50.0 Å². The molecule has 0 radical (unpaired) electrons. The number of para-hydroxylation sites is 2. The minimum Gasteiger partial charge on any atom is -0.358 e. The van der Waals surface area contributed by atoms with Gasteiger partial charge < -0.3 is 18.4 Å². The normalized spacial score (nSPS) is 17.6. The average molecular weight is 530 g/mol. The van der Waals surface area contributed by atoms with Gasteiger partial charge >= 0.3 is 6.70 Å². The number of imidazole rings is 1. The van der Waals surface area contributed by atoms with E-state index >= 15 is 4.57 Å². The van der Waals surface area contributed by atoms with Crippen LogP contribution in [0, 0.1) is 0 Å². The fourth-order valence-corrected chi connectivity index (χ4v) is 11.2. The van der Waals surface area contributed by atoms with Crippen molar-refractivity contribution < 1.29 is 4.57 Å². The van der Waals surface area contributed by atoms with Crippen LogP contribution >= 0.6 is 7.02 Å². The first kappa shape index (κ1) is 21.1. The van der Waals surface area contributed by atoms with E-state index in [1.807, 2.05) is 24.5 Å². The maximum Gasteiger partial charge on any atom is 0.465 e. The molecule has 7 aromatic rings. The summed E-state index contributed by atoms with van der Waals surface area (Å²) in [6.07, 6.45) is 3.84. The van der Waals surface area contributed by atoms with Crippen molar-refractivity contribution in [1.82, 2.24) is 14.0 Å². The van der Waals surface area contributed by atoms with E-state index in [1.165, 1.54) is 21.8 Å². The van der Waals surface area contributed by atoms with E-state index in [9.17, 15) is 0 Å². The zero-order chi connectivity index (χ0) is 26.2. The monoisotopic (exact) mass is 530 g/mol. The lowest BCUT2D eigenvalue weighted by atomic mass is 9.92. The van der Waals surface area contributed by atoms with E-state index in [0.717, 1.165) is 50.2 Å². The number of aromatic nitrogens is 3. The molecule has 7 heteroatoms. The summed E-state index contributed by atoms with van der Waals surface area (Å²) in [5, 5.41) is 4.41. The Labute approximate surface area is 230 Å². The van der Waals surface area contributed by atoms with Crippen molar-refractivity contribution >= 4 is 57.5 Å². The maximum absolute atomic E-state index is 15.4. The van der Waals surface area contributed by atoms with Crippen molar-refractivity contribution in [3.63, 3.8) is 0 Å². The fourth-order valence-electron chi connectivity index (χ4n) is 7.45. The van der Waals surface area contributed by atoms with Gasteiger partial charge in [-0.25, -0.2) is 4.98 Å². The van der Waals surface area contributed by atoms with Crippen LogP contribution in [-0.4, -0.2) is 20.7 Å². The predicted octanol–water partition coefficient (Wildman–Crippen LogP) is 6.94. The maximum atomic E-state index is 15.4. The van der Waals surface area contributed by atoms with Crippen LogP contribution in [0.15, 0.2) is 122 Å². The Morgan fingerprint density at radius 3 is 2.23 bits per heavy atom. The molecule has 0 saturated heterocycles. The lowest BCUT2D eigenvalue weighted by Gasteiger charge is -2.35. The molecule has 186 valence electrons. The van der Waals surface area contributed by atoms with E-state index in [-0.39, 0.29) is 6.70 Å². The fraction of sp³-hybridized carbons (Fsp3) is 0. The van der Waals surface area contributed by atoms with Crippen LogP contribution < -0.4 is 15.4 Å². The zero-order valence-corrected chi connectivity index (χ0v) is 22.2. The van der Waals surface area contributed by atoms with Gasteiger partial charge in [-0.2, -0.15) is 0 Å². The summed E-state index contributed by atoms with van der Waals surface area (Å²) in [7, 11) is -3.01. The highest BCUT2D eigenvalue weighted by molar-refractivity contribution is 8.07. The summed E-state index contributed by atoms with van der Waals surface area (Å²) in [5.74, 6) is 0.854. The molecule has 0 saturated carbocycles. The Balaban J connectivity index is 1.27. The van der Waals surface area contributed by atoms with Crippen LogP contribution in [0.2, 0.25) is 0 Å². The molecular formula is C33H20BN4OP. The molecule has 10 rings (SSSR count). The van der Waals surface area contributed by atoms with Crippen molar-refractivity contribution in [3.05, 3.63) is 122 Å². The van der Waals surface area contributed by atoms with Crippen molar-refractivity contribution in [3.8, 4) is 28.2 Å². The van der Waals surface area contributed by atoms with Crippen molar-refractivity contribution in [2.75, 3.05) is 4.81 Å². The Morgan fingerprint density at radius 1 is 0.675 bits per heavy atom. The highest BCUT2D eigenvalue weighted by Gasteiger charge is 2.61. The number of fused-ring (bicyclic) bond motifs is 14. The Hall–Kier alpha value is -4.80. The number of anilines is 2. The van der Waals surface area contributed by atoms with E-state index < -0.39 is 7.02 Å². The molecule has 0 fully saturated rings. The van der Waals surface area contributed by atoms with Crippen molar-refractivity contribution in [2.45, 2.75) is 0 Å². The van der Waals surface area contributed by atoms with E-state index in [1.54, 1.807) is 0 Å². The van der Waals surface area contributed by atoms with Gasteiger partial charge in [-0.05, 0) is 47.5 Å². The van der Waals surface area contributed by atoms with Crippen LogP contribution in [-0.2, 0) is 4.57 Å². The van der Waals surface area contributed by atoms with Gasteiger partial charge in [0.1, 0.15) is 5.82 Å². The van der Waals surface area contributed by atoms with Crippen LogP contribution in [0.3, 0.4) is 0 Å². The van der Waals surface area contributed by atoms with E-state index in [0.29, 0.717) is 0 Å². The standard InChI is InChI=1S/C33H20BN4OP/c39-40-31-15-6-3-10-24(31)25-11-7-14-30(32(25)40)38-29-17-16-21(20-26(29)33-35-18-19-36(33)34(38)40)37-27-12-4-1-8-22(27)23-9-2-5-13-28(23)37/h1-20H. The summed E-state index contributed by atoms with van der Waals surface area (Å²) in [6, 6.07) is 38.3. The molecule has 2 aromatic heterocycles. The molecule has 1 atom stereocenters. The molecule has 0 bridgehead atoms. The molecule has 0 aliphatic carbocycles. The third-order valence-electron chi connectivity index (χ3n) is 8.95. The second-order valence-electron chi connectivity index (χ2n) is 10.8. The first-order valence-corrected chi connectivity index (χ1v) is 15.3. The molecule has 5 heterocycles. The second kappa shape index (κ2) is 7.04. The minimum atomic E-state index is -3.01. The van der Waals surface area contributed by atoms with Gasteiger partial charge in [0.15, 0.2) is 7.02 Å². The lowest BCUT2D eigenvalue weighted by molar-refractivity contribution is 0.594. The van der Waals surface area contributed by atoms with Crippen LogP contribution in [0.4, 0.5) is 11.4 Å². The first-order valence-electron chi connectivity index (χ1n) is 13.5. The third-order valence-corrected chi connectivity index (χ3v) is 12.3. The summed E-state index contributed by atoms with van der Waals surface area (Å²) >= 11 is 0. The van der Waals surface area contributed by atoms with Crippen molar-refractivity contribution in [2.24, 2.45) is 0 Å². The number of benzene rings is 5. The molecular weight excluding hydrogens is 510 g/mol. The quantitative estimate of drug-likeness (QED) is 0.171. The van der Waals surface area contributed by atoms with Crippen LogP contribution in [0.1, 0.15) is 0 Å². The smallest absolute Gasteiger partial charge is 0.358 e. The van der Waals surface area contributed by atoms with Crippen molar-refractivity contribution in [1.29, 1.82) is 0 Å². The third kappa shape index (κ3) is 2.27. The molecule has 5 nitrogen and oxygen atoms in total. The second-order valence-corrected chi connectivity index (χ2v) is 13.5. The molecule has 1 unspecified atom stereocenters. The van der Waals surface area contributed by atoms with Gasteiger partial charge in [0.25, 0.3) is 0 Å². The number of nitrogens with zero attached hydrogens (tertiary/aromatic N) is 4. The van der Waals surface area contributed by atoms with Gasteiger partial charge in [-0.3, -0.25) is 0 Å². The Kier molecular flexibility index (Phi) is 3.71. The van der Waals surface area contributed by atoms with E-state index in [2.05, 4.69) is 111 Å². The Morgan fingerprint density at radius 2 is 1.40 bits per heavy atom. The van der Waals surface area contributed by atoms with E-state index in [4.69, 9.17) is 4.98 Å². The molecule has 3 aliphatic heterocycles. The average Bonchev–Trinajstić information content (AvgIpc) is 3.74. The molecule has 3 aliphatic rings. The van der Waals surface area contributed by atoms with Crippen LogP contribution in [0.5, 0.6) is 0 Å². The van der Waals surface area contributed by atoms with Gasteiger partial charge in [-0.15, -0.1) is 0 Å². The van der Waals surface area contributed by atoms with Gasteiger partial charge in [0.05, 0.1) is 11.0 Å². The highest BCUT2D eigenvalue weighted by atomic mass is 31.2. The largest absolute Gasteiger partial charge is 0.465 e. The lowest BCUT2D eigenvalue weighted by Crippen LogP contribution is -2.43. The molecule has 40 heavy (non-hydrogen) atoms. The summed E-state index contributed by atoms with van der Waals surface area (Å²) in [4.78, 5) is 7.15. The summed E-state index contributed by atoms with van der Waals surface area (Å²) in [5.41, 5.74) is 8.74. The van der Waals surface area contributed by atoms with Gasteiger partial charge in [0.2, 0.25) is 0 Å². The SMILES string of the molecule is O=P12B3N(c4ccc(-n5c6ccccc6c6ccccc65)cc4-c4nccn43)c3cccc(c31)-c1ccccc12. The molecule has 5 aromatic carbocycles.